The summed E-state index contributed by atoms with van der Waals surface area (Å²) in [6, 6.07) is 3.32. The predicted molar refractivity (Wildman–Crippen MR) is 115 cm³/mol. The number of hydrogen-bond acceptors (Lipinski definition) is 7. The predicted octanol–water partition coefficient (Wildman–Crippen LogP) is 2.60. The van der Waals surface area contributed by atoms with Crippen LogP contribution >= 0.6 is 11.6 Å². The second-order valence-corrected chi connectivity index (χ2v) is 7.91. The highest BCUT2D eigenvalue weighted by atomic mass is 35.5. The zero-order chi connectivity index (χ0) is 22.7. The van der Waals surface area contributed by atoms with E-state index in [9.17, 15) is 9.59 Å². The van der Waals surface area contributed by atoms with Crippen molar-refractivity contribution in [2.45, 2.75) is 26.3 Å². The first kappa shape index (κ1) is 21.8. The maximum absolute atomic E-state index is 12.9. The highest BCUT2D eigenvalue weighted by Gasteiger charge is 2.28. The Morgan fingerprint density at radius 3 is 2.75 bits per heavy atom. The van der Waals surface area contributed by atoms with Crippen LogP contribution in [0.25, 0.3) is 11.3 Å². The van der Waals surface area contributed by atoms with E-state index in [4.69, 9.17) is 20.8 Å². The largest absolute Gasteiger partial charge is 0.481 e. The third-order valence-corrected chi connectivity index (χ3v) is 5.68. The van der Waals surface area contributed by atoms with Crippen LogP contribution < -0.4 is 10.1 Å². The number of rotatable bonds is 6. The highest BCUT2D eigenvalue weighted by molar-refractivity contribution is 6.33. The highest BCUT2D eigenvalue weighted by Crippen LogP contribution is 2.29. The van der Waals surface area contributed by atoms with Crippen molar-refractivity contribution in [3.8, 4) is 17.1 Å². The summed E-state index contributed by atoms with van der Waals surface area (Å²) in [5.41, 5.74) is 1.50. The Balaban J connectivity index is 1.33. The molecule has 0 aromatic carbocycles. The number of H-pyrrole nitrogens is 1. The number of carbonyl (C=O) groups is 2. The molecule has 1 aliphatic rings. The van der Waals surface area contributed by atoms with Crippen LogP contribution in [0.15, 0.2) is 28.9 Å². The van der Waals surface area contributed by atoms with Gasteiger partial charge >= 0.3 is 0 Å². The summed E-state index contributed by atoms with van der Waals surface area (Å²) in [4.78, 5) is 35.1. The quantitative estimate of drug-likeness (QED) is 0.581. The number of aromatic nitrogens is 4. The van der Waals surface area contributed by atoms with Crippen molar-refractivity contribution in [1.29, 1.82) is 0 Å². The number of aryl methyl sites for hydroxylation is 1. The van der Waals surface area contributed by atoms with Crippen molar-refractivity contribution in [2.75, 3.05) is 20.2 Å². The molecule has 1 aliphatic heterocycles. The van der Waals surface area contributed by atoms with Gasteiger partial charge in [-0.2, -0.15) is 5.10 Å². The first-order valence-electron chi connectivity index (χ1n) is 10.2. The third kappa shape index (κ3) is 4.75. The van der Waals surface area contributed by atoms with Crippen molar-refractivity contribution in [2.24, 2.45) is 5.92 Å². The van der Waals surface area contributed by atoms with E-state index in [2.05, 4.69) is 25.5 Å². The van der Waals surface area contributed by atoms with E-state index >= 15 is 0 Å². The lowest BCUT2D eigenvalue weighted by Crippen LogP contribution is -2.43. The number of aromatic amines is 1. The SMILES string of the molecule is COc1cc(-c2cc(C(=O)N3CCC(C(=O)NCc4cnc(C)o4)CC3)[nH]n2)c(Cl)cn1. The zero-order valence-electron chi connectivity index (χ0n) is 17.7. The number of methoxy groups -OCH3 is 1. The molecule has 0 bridgehead atoms. The molecule has 0 radical (unpaired) electrons. The average Bonchev–Trinajstić information content (AvgIpc) is 3.46. The molecular weight excluding hydrogens is 436 g/mol. The molecular formula is C21H23ClN6O4. The van der Waals surface area contributed by atoms with E-state index in [1.165, 1.54) is 13.3 Å². The van der Waals surface area contributed by atoms with E-state index in [1.807, 2.05) is 0 Å². The Labute approximate surface area is 189 Å². The van der Waals surface area contributed by atoms with Crippen molar-refractivity contribution in [3.63, 3.8) is 0 Å². The summed E-state index contributed by atoms with van der Waals surface area (Å²) in [5, 5.41) is 10.3. The number of amides is 2. The number of halogens is 1. The first-order valence-corrected chi connectivity index (χ1v) is 10.6. The maximum Gasteiger partial charge on any atom is 0.271 e. The molecule has 0 spiro atoms. The lowest BCUT2D eigenvalue weighted by Gasteiger charge is -2.30. The number of ether oxygens (including phenoxy) is 1. The molecule has 3 aromatic rings. The van der Waals surface area contributed by atoms with Crippen LogP contribution in [0.2, 0.25) is 5.02 Å². The topological polar surface area (TPSA) is 126 Å². The Morgan fingerprint density at radius 2 is 2.06 bits per heavy atom. The summed E-state index contributed by atoms with van der Waals surface area (Å²) in [6.45, 7) is 3.02. The van der Waals surface area contributed by atoms with Gasteiger partial charge in [0.05, 0.1) is 36.8 Å². The van der Waals surface area contributed by atoms with Gasteiger partial charge in [0.25, 0.3) is 5.91 Å². The van der Waals surface area contributed by atoms with E-state index in [0.29, 0.717) is 72.0 Å². The summed E-state index contributed by atoms with van der Waals surface area (Å²) in [5.74, 6) is 1.22. The van der Waals surface area contributed by atoms with Crippen LogP contribution in [0.5, 0.6) is 5.88 Å². The molecule has 0 atom stereocenters. The van der Waals surface area contributed by atoms with Crippen LogP contribution in [0.3, 0.4) is 0 Å². The minimum absolute atomic E-state index is 0.0451. The van der Waals surface area contributed by atoms with Gasteiger partial charge in [0.1, 0.15) is 11.5 Å². The number of nitrogens with one attached hydrogen (secondary N) is 2. The Bertz CT molecular complexity index is 1120. The molecule has 4 heterocycles. The van der Waals surface area contributed by atoms with Crippen molar-refractivity contribution >= 4 is 23.4 Å². The second kappa shape index (κ2) is 9.39. The Morgan fingerprint density at radius 1 is 1.28 bits per heavy atom. The van der Waals surface area contributed by atoms with Crippen molar-refractivity contribution in [1.82, 2.24) is 30.4 Å². The van der Waals surface area contributed by atoms with Gasteiger partial charge in [-0.05, 0) is 18.9 Å². The zero-order valence-corrected chi connectivity index (χ0v) is 18.5. The number of piperidine rings is 1. The standard InChI is InChI=1S/C21H23ClN6O4/c1-12-23-9-14(32-12)10-25-20(29)13-3-5-28(6-4-13)21(30)18-8-17(26-27-18)15-7-19(31-2)24-11-16(15)22/h7-9,11,13H,3-6,10H2,1-2H3,(H,25,29)(H,26,27). The molecule has 0 unspecified atom stereocenters. The summed E-state index contributed by atoms with van der Waals surface area (Å²) >= 11 is 6.22. The second-order valence-electron chi connectivity index (χ2n) is 7.50. The number of nitrogens with zero attached hydrogens (tertiary/aromatic N) is 4. The normalized spacial score (nSPS) is 14.4. The molecule has 2 amide bonds. The van der Waals surface area contributed by atoms with Crippen LogP contribution in [-0.4, -0.2) is 57.1 Å². The number of pyridine rings is 1. The molecule has 10 nitrogen and oxygen atoms in total. The fourth-order valence-corrected chi connectivity index (χ4v) is 3.82. The lowest BCUT2D eigenvalue weighted by molar-refractivity contribution is -0.126. The monoisotopic (exact) mass is 458 g/mol. The number of carbonyl (C=O) groups excluding carboxylic acids is 2. The van der Waals surface area contributed by atoms with Crippen molar-refractivity contribution in [3.05, 3.63) is 46.9 Å². The van der Waals surface area contributed by atoms with Gasteiger partial charge in [-0.1, -0.05) is 11.6 Å². The Hall–Kier alpha value is -3.40. The molecule has 32 heavy (non-hydrogen) atoms. The van der Waals surface area contributed by atoms with Gasteiger partial charge in [0.2, 0.25) is 11.8 Å². The van der Waals surface area contributed by atoms with Crippen LogP contribution in [0.1, 0.15) is 35.0 Å². The fraction of sp³-hybridized carbons (Fsp3) is 0.381. The third-order valence-electron chi connectivity index (χ3n) is 5.38. The van der Waals surface area contributed by atoms with Crippen LogP contribution in [0.4, 0.5) is 0 Å². The van der Waals surface area contributed by atoms with E-state index in [-0.39, 0.29) is 17.7 Å². The molecule has 1 fully saturated rings. The summed E-state index contributed by atoms with van der Waals surface area (Å²) in [7, 11) is 1.51. The first-order chi connectivity index (χ1) is 15.4. The van der Waals surface area contributed by atoms with Gasteiger partial charge in [0, 0.05) is 37.6 Å². The minimum Gasteiger partial charge on any atom is -0.481 e. The molecule has 1 saturated heterocycles. The smallest absolute Gasteiger partial charge is 0.271 e. The van der Waals surface area contributed by atoms with Gasteiger partial charge < -0.3 is 19.4 Å². The van der Waals surface area contributed by atoms with Crippen LogP contribution in [-0.2, 0) is 11.3 Å². The minimum atomic E-state index is -0.170. The van der Waals surface area contributed by atoms with Gasteiger partial charge in [-0.3, -0.25) is 14.7 Å². The maximum atomic E-state index is 12.9. The van der Waals surface area contributed by atoms with Crippen molar-refractivity contribution < 1.29 is 18.7 Å². The van der Waals surface area contributed by atoms with Gasteiger partial charge in [0.15, 0.2) is 5.89 Å². The van der Waals surface area contributed by atoms with Crippen LogP contribution in [0, 0.1) is 12.8 Å². The summed E-state index contributed by atoms with van der Waals surface area (Å²) < 4.78 is 10.5. The molecule has 4 rings (SSSR count). The van der Waals surface area contributed by atoms with Gasteiger partial charge in [-0.15, -0.1) is 0 Å². The Kier molecular flexibility index (Phi) is 6.40. The number of likely N-dealkylation sites (tertiary alicyclic amines) is 1. The summed E-state index contributed by atoms with van der Waals surface area (Å²) in [6.07, 6.45) is 4.25. The molecule has 0 aliphatic carbocycles. The van der Waals surface area contributed by atoms with E-state index in [1.54, 1.807) is 30.2 Å². The lowest BCUT2D eigenvalue weighted by atomic mass is 9.95. The number of oxazole rings is 1. The van der Waals surface area contributed by atoms with Gasteiger partial charge in [-0.25, -0.2) is 9.97 Å². The number of hydrogen-bond donors (Lipinski definition) is 2. The molecule has 0 saturated carbocycles. The molecule has 168 valence electrons. The molecule has 2 N–H and O–H groups in total. The van der Waals surface area contributed by atoms with E-state index in [0.717, 1.165) is 0 Å². The molecule has 11 heteroatoms. The fourth-order valence-electron chi connectivity index (χ4n) is 3.62. The average molecular weight is 459 g/mol. The van der Waals surface area contributed by atoms with E-state index < -0.39 is 0 Å². The molecule has 3 aromatic heterocycles.